The summed E-state index contributed by atoms with van der Waals surface area (Å²) in [7, 11) is 0. The van der Waals surface area contributed by atoms with Gasteiger partial charge in [0.05, 0.1) is 17.8 Å². The predicted molar refractivity (Wildman–Crippen MR) is 103 cm³/mol. The van der Waals surface area contributed by atoms with Crippen molar-refractivity contribution in [3.63, 3.8) is 0 Å². The minimum absolute atomic E-state index is 0.196. The third-order valence-corrected chi connectivity index (χ3v) is 5.16. The van der Waals surface area contributed by atoms with E-state index in [1.165, 1.54) is 11.3 Å². The molecule has 2 heterocycles. The average molecular weight is 347 g/mol. The molecule has 4 nitrogen and oxygen atoms in total. The molecule has 4 rings (SSSR count). The molecule has 0 spiro atoms. The highest BCUT2D eigenvalue weighted by atomic mass is 32.1. The lowest BCUT2D eigenvalue weighted by molar-refractivity contribution is 0.411. The van der Waals surface area contributed by atoms with E-state index in [2.05, 4.69) is 4.98 Å². The van der Waals surface area contributed by atoms with Crippen molar-refractivity contribution in [3.8, 4) is 11.3 Å². The fraction of sp³-hybridized carbons (Fsp3) is 0.100. The first-order valence-corrected chi connectivity index (χ1v) is 8.88. The van der Waals surface area contributed by atoms with Gasteiger partial charge in [-0.3, -0.25) is 5.41 Å². The van der Waals surface area contributed by atoms with Gasteiger partial charge in [-0.1, -0.05) is 48.5 Å². The summed E-state index contributed by atoms with van der Waals surface area (Å²) in [5, 5.41) is 21.7. The summed E-state index contributed by atoms with van der Waals surface area (Å²) in [6.45, 7) is 2.31. The molecule has 124 valence electrons. The third-order valence-electron chi connectivity index (χ3n) is 4.30. The summed E-state index contributed by atoms with van der Waals surface area (Å²) < 4.78 is 0. The molecule has 5 heteroatoms. The van der Waals surface area contributed by atoms with E-state index in [0.29, 0.717) is 23.0 Å². The molecule has 2 N–H and O–H groups in total. The summed E-state index contributed by atoms with van der Waals surface area (Å²) in [5.41, 5.74) is 4.43. The van der Waals surface area contributed by atoms with Crippen molar-refractivity contribution >= 4 is 28.4 Å². The van der Waals surface area contributed by atoms with Gasteiger partial charge in [0.25, 0.3) is 0 Å². The zero-order chi connectivity index (χ0) is 17.4. The number of thiazole rings is 1. The van der Waals surface area contributed by atoms with Crippen molar-refractivity contribution in [1.82, 2.24) is 4.98 Å². The van der Waals surface area contributed by atoms with E-state index in [1.807, 2.05) is 71.8 Å². The molecule has 0 aliphatic carbocycles. The fourth-order valence-electron chi connectivity index (χ4n) is 3.01. The van der Waals surface area contributed by atoms with Crippen LogP contribution in [-0.2, 0) is 0 Å². The van der Waals surface area contributed by atoms with Crippen LogP contribution in [0.1, 0.15) is 10.6 Å². The number of benzene rings is 2. The number of hydrogen-bond donors (Lipinski definition) is 2. The Labute approximate surface area is 150 Å². The molecule has 0 atom stereocenters. The standard InChI is InChI=1S/C20H17N3OS/c1-13-7-5-6-10-16(13)23-11-17(24)18(19(23)21)20-22-15(12-25-20)14-8-3-2-4-9-14/h2-10,12,21,24H,11H2,1H3. The topological polar surface area (TPSA) is 60.2 Å². The van der Waals surface area contributed by atoms with Crippen LogP contribution >= 0.6 is 11.3 Å². The van der Waals surface area contributed by atoms with Gasteiger partial charge in [-0.05, 0) is 18.6 Å². The lowest BCUT2D eigenvalue weighted by atomic mass is 10.1. The van der Waals surface area contributed by atoms with Crippen LogP contribution in [0.25, 0.3) is 16.8 Å². The Balaban J connectivity index is 1.68. The minimum atomic E-state index is 0.196. The van der Waals surface area contributed by atoms with Crippen LogP contribution in [0.4, 0.5) is 5.69 Å². The highest BCUT2D eigenvalue weighted by Gasteiger charge is 2.31. The van der Waals surface area contributed by atoms with E-state index < -0.39 is 0 Å². The zero-order valence-electron chi connectivity index (χ0n) is 13.7. The molecule has 1 aliphatic rings. The molecule has 3 aromatic rings. The normalized spacial score (nSPS) is 14.4. The molecule has 0 bridgehead atoms. The first-order valence-electron chi connectivity index (χ1n) is 8.00. The fourth-order valence-corrected chi connectivity index (χ4v) is 3.90. The van der Waals surface area contributed by atoms with Crippen molar-refractivity contribution in [3.05, 3.63) is 76.3 Å². The Bertz CT molecular complexity index is 975. The number of aryl methyl sites for hydroxylation is 1. The Morgan fingerprint density at radius 1 is 1.08 bits per heavy atom. The van der Waals surface area contributed by atoms with Crippen molar-refractivity contribution in [1.29, 1.82) is 5.41 Å². The van der Waals surface area contributed by atoms with Gasteiger partial charge in [0.1, 0.15) is 16.6 Å². The number of nitrogens with one attached hydrogen (secondary N) is 1. The van der Waals surface area contributed by atoms with Crippen LogP contribution in [-0.4, -0.2) is 22.5 Å². The summed E-state index contributed by atoms with van der Waals surface area (Å²) in [6.07, 6.45) is 0. The van der Waals surface area contributed by atoms with Gasteiger partial charge >= 0.3 is 0 Å². The molecule has 1 aromatic heterocycles. The van der Waals surface area contributed by atoms with Crippen molar-refractivity contribution < 1.29 is 5.11 Å². The van der Waals surface area contributed by atoms with Crippen molar-refractivity contribution in [2.45, 2.75) is 6.92 Å². The number of aromatic nitrogens is 1. The lowest BCUT2D eigenvalue weighted by Crippen LogP contribution is -2.26. The van der Waals surface area contributed by atoms with E-state index in [4.69, 9.17) is 5.41 Å². The first-order chi connectivity index (χ1) is 12.1. The van der Waals surface area contributed by atoms with Gasteiger partial charge in [0, 0.05) is 16.6 Å². The van der Waals surface area contributed by atoms with Gasteiger partial charge in [-0.2, -0.15) is 0 Å². The number of aliphatic hydroxyl groups is 1. The Hall–Kier alpha value is -2.92. The number of aliphatic hydroxyl groups excluding tert-OH is 1. The molecule has 0 fully saturated rings. The molecule has 25 heavy (non-hydrogen) atoms. The molecule has 2 aromatic carbocycles. The van der Waals surface area contributed by atoms with E-state index in [0.717, 1.165) is 22.5 Å². The minimum Gasteiger partial charge on any atom is -0.510 e. The average Bonchev–Trinajstić information content (AvgIpc) is 3.21. The lowest BCUT2D eigenvalue weighted by Gasteiger charge is -2.20. The molecule has 0 amide bonds. The Morgan fingerprint density at radius 2 is 1.80 bits per heavy atom. The molecular formula is C20H17N3OS. The second-order valence-electron chi connectivity index (χ2n) is 5.95. The number of anilines is 1. The number of rotatable bonds is 3. The highest BCUT2D eigenvalue weighted by Crippen LogP contribution is 2.35. The highest BCUT2D eigenvalue weighted by molar-refractivity contribution is 7.11. The number of amidine groups is 1. The van der Waals surface area contributed by atoms with Gasteiger partial charge in [0.2, 0.25) is 0 Å². The van der Waals surface area contributed by atoms with Crippen LogP contribution in [0.5, 0.6) is 0 Å². The third kappa shape index (κ3) is 2.72. The number of nitrogens with zero attached hydrogens (tertiary/aromatic N) is 2. The number of hydrogen-bond acceptors (Lipinski definition) is 4. The first kappa shape index (κ1) is 15.6. The molecular weight excluding hydrogens is 330 g/mol. The van der Waals surface area contributed by atoms with E-state index in [1.54, 1.807) is 0 Å². The second kappa shape index (κ2) is 6.18. The largest absolute Gasteiger partial charge is 0.510 e. The van der Waals surface area contributed by atoms with Crippen LogP contribution in [0, 0.1) is 12.3 Å². The maximum absolute atomic E-state index is 10.5. The van der Waals surface area contributed by atoms with Crippen molar-refractivity contribution in [2.75, 3.05) is 11.4 Å². The maximum Gasteiger partial charge on any atom is 0.139 e. The second-order valence-corrected chi connectivity index (χ2v) is 6.80. The predicted octanol–water partition coefficient (Wildman–Crippen LogP) is 4.89. The summed E-state index contributed by atoms with van der Waals surface area (Å²) in [4.78, 5) is 6.47. The van der Waals surface area contributed by atoms with Gasteiger partial charge < -0.3 is 10.0 Å². The smallest absolute Gasteiger partial charge is 0.139 e. The monoisotopic (exact) mass is 347 g/mol. The van der Waals surface area contributed by atoms with E-state index >= 15 is 0 Å². The zero-order valence-corrected chi connectivity index (χ0v) is 14.5. The summed E-state index contributed by atoms with van der Waals surface area (Å²) in [6, 6.07) is 17.8. The van der Waals surface area contributed by atoms with Crippen LogP contribution in [0.2, 0.25) is 0 Å². The van der Waals surface area contributed by atoms with Gasteiger partial charge in [0.15, 0.2) is 0 Å². The van der Waals surface area contributed by atoms with E-state index in [9.17, 15) is 5.11 Å². The van der Waals surface area contributed by atoms with E-state index in [-0.39, 0.29) is 5.76 Å². The summed E-state index contributed by atoms with van der Waals surface area (Å²) in [5.74, 6) is 0.489. The molecule has 1 aliphatic heterocycles. The van der Waals surface area contributed by atoms with Crippen LogP contribution in [0.3, 0.4) is 0 Å². The molecule has 0 saturated heterocycles. The number of para-hydroxylation sites is 1. The summed E-state index contributed by atoms with van der Waals surface area (Å²) >= 11 is 1.45. The quantitative estimate of drug-likeness (QED) is 0.709. The molecule has 0 saturated carbocycles. The SMILES string of the molecule is Cc1ccccc1N1CC(O)=C(c2nc(-c3ccccc3)cs2)C1=N. The Kier molecular flexibility index (Phi) is 3.86. The van der Waals surface area contributed by atoms with Crippen LogP contribution in [0.15, 0.2) is 65.7 Å². The van der Waals surface area contributed by atoms with Crippen LogP contribution < -0.4 is 4.90 Å². The molecule has 0 radical (unpaired) electrons. The van der Waals surface area contributed by atoms with Crippen molar-refractivity contribution in [2.24, 2.45) is 0 Å². The molecule has 0 unspecified atom stereocenters. The van der Waals surface area contributed by atoms with Gasteiger partial charge in [-0.25, -0.2) is 4.98 Å². The van der Waals surface area contributed by atoms with Gasteiger partial charge in [-0.15, -0.1) is 11.3 Å². The Morgan fingerprint density at radius 3 is 2.56 bits per heavy atom. The maximum atomic E-state index is 10.5.